The summed E-state index contributed by atoms with van der Waals surface area (Å²) in [5.41, 5.74) is 0.162. The van der Waals surface area contributed by atoms with Crippen molar-refractivity contribution in [1.29, 1.82) is 0 Å². The lowest BCUT2D eigenvalue weighted by Gasteiger charge is -2.34. The molecule has 0 N–H and O–H groups in total. The molecule has 0 saturated carbocycles. The first-order chi connectivity index (χ1) is 12.3. The zero-order valence-electron chi connectivity index (χ0n) is 15.2. The van der Waals surface area contributed by atoms with Gasteiger partial charge in [-0.25, -0.2) is 4.79 Å². The molecule has 0 unspecified atom stereocenters. The summed E-state index contributed by atoms with van der Waals surface area (Å²) >= 11 is 0. The van der Waals surface area contributed by atoms with Gasteiger partial charge in [0.05, 0.1) is 0 Å². The van der Waals surface area contributed by atoms with Crippen molar-refractivity contribution in [1.82, 2.24) is 9.80 Å². The van der Waals surface area contributed by atoms with Gasteiger partial charge in [0.15, 0.2) is 11.5 Å². The van der Waals surface area contributed by atoms with Crippen LogP contribution in [0.5, 0.6) is 11.5 Å². The van der Waals surface area contributed by atoms with Gasteiger partial charge in [-0.15, -0.1) is 0 Å². The highest BCUT2D eigenvalue weighted by Crippen LogP contribution is 2.32. The number of carbonyl (C=O) groups excluding carboxylic acids is 2. The van der Waals surface area contributed by atoms with E-state index in [9.17, 15) is 9.59 Å². The van der Waals surface area contributed by atoms with Crippen molar-refractivity contribution in [3.8, 4) is 23.3 Å². The third-order valence-electron chi connectivity index (χ3n) is 3.90. The van der Waals surface area contributed by atoms with Crippen LogP contribution in [0, 0.1) is 11.8 Å². The maximum absolute atomic E-state index is 12.3. The molecule has 1 aromatic rings. The molecule has 1 aromatic carbocycles. The Balaban J connectivity index is 1.54. The highest BCUT2D eigenvalue weighted by molar-refractivity contribution is 5.94. The van der Waals surface area contributed by atoms with E-state index in [2.05, 4.69) is 11.8 Å². The van der Waals surface area contributed by atoms with E-state index in [1.165, 1.54) is 0 Å². The summed E-state index contributed by atoms with van der Waals surface area (Å²) in [6.07, 6.45) is -0.351. The Morgan fingerprint density at radius 3 is 2.38 bits per heavy atom. The van der Waals surface area contributed by atoms with Crippen LogP contribution in [0.25, 0.3) is 0 Å². The molecule has 1 saturated heterocycles. The van der Waals surface area contributed by atoms with Crippen LogP contribution in [0.15, 0.2) is 18.2 Å². The zero-order valence-corrected chi connectivity index (χ0v) is 15.2. The fourth-order valence-electron chi connectivity index (χ4n) is 2.60. The zero-order chi connectivity index (χ0) is 18.7. The van der Waals surface area contributed by atoms with E-state index >= 15 is 0 Å². The summed E-state index contributed by atoms with van der Waals surface area (Å²) in [5.74, 6) is 6.56. The molecule has 1 fully saturated rings. The molecule has 3 rings (SSSR count). The number of nitrogens with zero attached hydrogens (tertiary/aromatic N) is 2. The summed E-state index contributed by atoms with van der Waals surface area (Å²) < 4.78 is 15.9. The highest BCUT2D eigenvalue weighted by Gasteiger charge is 2.27. The van der Waals surface area contributed by atoms with Crippen molar-refractivity contribution in [2.24, 2.45) is 0 Å². The molecule has 0 aliphatic carbocycles. The Hall–Kier alpha value is -2.88. The third-order valence-corrected chi connectivity index (χ3v) is 3.90. The summed E-state index contributed by atoms with van der Waals surface area (Å²) in [4.78, 5) is 27.6. The molecule has 138 valence electrons. The molecule has 0 bridgehead atoms. The predicted octanol–water partition coefficient (Wildman–Crippen LogP) is 1.85. The van der Waals surface area contributed by atoms with Crippen LogP contribution in [0.3, 0.4) is 0 Å². The second kappa shape index (κ2) is 7.16. The molecular weight excluding hydrogens is 336 g/mol. The molecule has 2 aliphatic heterocycles. The minimum Gasteiger partial charge on any atom is -0.454 e. The summed E-state index contributed by atoms with van der Waals surface area (Å²) in [6.45, 7) is 7.44. The van der Waals surface area contributed by atoms with Gasteiger partial charge in [-0.3, -0.25) is 4.79 Å². The molecule has 0 spiro atoms. The van der Waals surface area contributed by atoms with Crippen LogP contribution in [0.4, 0.5) is 4.79 Å². The topological polar surface area (TPSA) is 68.3 Å². The van der Waals surface area contributed by atoms with Crippen molar-refractivity contribution in [2.75, 3.05) is 33.0 Å². The normalized spacial score (nSPS) is 16.0. The second-order valence-corrected chi connectivity index (χ2v) is 7.08. The maximum atomic E-state index is 12.3. The van der Waals surface area contributed by atoms with E-state index < -0.39 is 5.60 Å². The van der Waals surface area contributed by atoms with Gasteiger partial charge in [-0.1, -0.05) is 5.92 Å². The first-order valence-electron chi connectivity index (χ1n) is 8.50. The van der Waals surface area contributed by atoms with Gasteiger partial charge in [0, 0.05) is 37.7 Å². The summed E-state index contributed by atoms with van der Waals surface area (Å²) in [5, 5.41) is 0. The fourth-order valence-corrected chi connectivity index (χ4v) is 2.60. The standard InChI is InChI=1S/C19H22N2O5/c1-19(2,3)26-18(23)21-10-8-20(9-11-21)17(22)7-5-14-4-6-15-16(12-14)25-13-24-15/h4,6,12H,8-11,13H2,1-3H3. The van der Waals surface area contributed by atoms with E-state index in [4.69, 9.17) is 14.2 Å². The Labute approximate surface area is 152 Å². The van der Waals surface area contributed by atoms with Crippen LogP contribution in [0.2, 0.25) is 0 Å². The second-order valence-electron chi connectivity index (χ2n) is 7.08. The Bertz CT molecular complexity index is 764. The average Bonchev–Trinajstić information content (AvgIpc) is 3.06. The van der Waals surface area contributed by atoms with Crippen molar-refractivity contribution >= 4 is 12.0 Å². The predicted molar refractivity (Wildman–Crippen MR) is 93.8 cm³/mol. The molecular formula is C19H22N2O5. The van der Waals surface area contributed by atoms with Gasteiger partial charge in [-0.05, 0) is 39.0 Å². The summed E-state index contributed by atoms with van der Waals surface area (Å²) in [6, 6.07) is 5.31. The molecule has 2 aliphatic rings. The van der Waals surface area contributed by atoms with Crippen LogP contribution in [-0.4, -0.2) is 60.4 Å². The first kappa shape index (κ1) is 17.9. The number of ether oxygens (including phenoxy) is 3. The smallest absolute Gasteiger partial charge is 0.410 e. The number of piperazine rings is 1. The van der Waals surface area contributed by atoms with Gasteiger partial charge in [-0.2, -0.15) is 0 Å². The Morgan fingerprint density at radius 2 is 1.69 bits per heavy atom. The van der Waals surface area contributed by atoms with E-state index in [1.54, 1.807) is 28.0 Å². The Morgan fingerprint density at radius 1 is 1.04 bits per heavy atom. The van der Waals surface area contributed by atoms with Crippen molar-refractivity contribution in [3.05, 3.63) is 23.8 Å². The Kier molecular flexibility index (Phi) is 4.94. The van der Waals surface area contributed by atoms with E-state index in [0.717, 1.165) is 0 Å². The number of hydrogen-bond donors (Lipinski definition) is 0. The minimum absolute atomic E-state index is 0.201. The molecule has 2 amide bonds. The number of carbonyl (C=O) groups is 2. The van der Waals surface area contributed by atoms with E-state index in [1.807, 2.05) is 20.8 Å². The van der Waals surface area contributed by atoms with Gasteiger partial charge in [0.25, 0.3) is 5.91 Å². The van der Waals surface area contributed by atoms with Gasteiger partial charge in [0.1, 0.15) is 5.60 Å². The average molecular weight is 358 g/mol. The lowest BCUT2D eigenvalue weighted by Crippen LogP contribution is -2.51. The lowest BCUT2D eigenvalue weighted by atomic mass is 10.2. The third kappa shape index (κ3) is 4.39. The van der Waals surface area contributed by atoms with Crippen LogP contribution < -0.4 is 9.47 Å². The molecule has 7 heteroatoms. The molecule has 0 radical (unpaired) electrons. The summed E-state index contributed by atoms with van der Waals surface area (Å²) in [7, 11) is 0. The van der Waals surface area contributed by atoms with Crippen molar-refractivity contribution in [3.63, 3.8) is 0 Å². The first-order valence-corrected chi connectivity index (χ1v) is 8.50. The van der Waals surface area contributed by atoms with Crippen LogP contribution in [0.1, 0.15) is 26.3 Å². The number of hydrogen-bond acceptors (Lipinski definition) is 5. The van der Waals surface area contributed by atoms with Crippen LogP contribution in [-0.2, 0) is 9.53 Å². The highest BCUT2D eigenvalue weighted by atomic mass is 16.7. The number of fused-ring (bicyclic) bond motifs is 1. The number of rotatable bonds is 0. The molecule has 26 heavy (non-hydrogen) atoms. The van der Waals surface area contributed by atoms with Crippen LogP contribution >= 0.6 is 0 Å². The minimum atomic E-state index is -0.528. The SMILES string of the molecule is CC(C)(C)OC(=O)N1CCN(C(=O)C#Cc2ccc3c(c2)OCO3)CC1. The molecule has 0 aromatic heterocycles. The molecule has 2 heterocycles. The van der Waals surface area contributed by atoms with E-state index in [0.29, 0.717) is 43.2 Å². The van der Waals surface area contributed by atoms with Gasteiger partial charge < -0.3 is 24.0 Å². The van der Waals surface area contributed by atoms with E-state index in [-0.39, 0.29) is 18.8 Å². The van der Waals surface area contributed by atoms with Crippen molar-refractivity contribution in [2.45, 2.75) is 26.4 Å². The number of amides is 2. The number of benzene rings is 1. The van der Waals surface area contributed by atoms with Gasteiger partial charge in [0.2, 0.25) is 6.79 Å². The lowest BCUT2D eigenvalue weighted by molar-refractivity contribution is -0.126. The quantitative estimate of drug-likeness (QED) is 0.662. The largest absolute Gasteiger partial charge is 0.454 e. The van der Waals surface area contributed by atoms with Crippen molar-refractivity contribution < 1.29 is 23.8 Å². The molecule has 7 nitrogen and oxygen atoms in total. The maximum Gasteiger partial charge on any atom is 0.410 e. The monoisotopic (exact) mass is 358 g/mol. The fraction of sp³-hybridized carbons (Fsp3) is 0.474. The molecule has 0 atom stereocenters. The van der Waals surface area contributed by atoms with Gasteiger partial charge >= 0.3 is 6.09 Å².